The molecule has 0 heterocycles. The zero-order valence-corrected chi connectivity index (χ0v) is 15.2. The summed E-state index contributed by atoms with van der Waals surface area (Å²) in [6.45, 7) is 5.25. The number of rotatable bonds is 6. The Balaban J connectivity index is 2.30. The van der Waals surface area contributed by atoms with Gasteiger partial charge in [-0.15, -0.1) is 0 Å². The largest absolute Gasteiger partial charge is 0.444 e. The molecule has 2 rings (SSSR count). The van der Waals surface area contributed by atoms with Crippen LogP contribution in [-0.4, -0.2) is 22.7 Å². The third kappa shape index (κ3) is 5.88. The number of nitrogens with one attached hydrogen (secondary N) is 1. The van der Waals surface area contributed by atoms with Gasteiger partial charge in [-0.3, -0.25) is 10.1 Å². The molecule has 0 spiro atoms. The monoisotopic (exact) mass is 356 g/mol. The van der Waals surface area contributed by atoms with Gasteiger partial charge >= 0.3 is 6.09 Å². The first-order valence-electron chi connectivity index (χ1n) is 8.48. The van der Waals surface area contributed by atoms with Crippen molar-refractivity contribution in [2.75, 3.05) is 0 Å². The Labute approximate surface area is 153 Å². The van der Waals surface area contributed by atoms with Crippen molar-refractivity contribution in [3.63, 3.8) is 0 Å². The Morgan fingerprint density at radius 2 is 1.62 bits per heavy atom. The molecule has 6 heteroatoms. The Kier molecular flexibility index (Phi) is 6.33. The number of benzene rings is 2. The summed E-state index contributed by atoms with van der Waals surface area (Å²) >= 11 is 0. The second-order valence-corrected chi connectivity index (χ2v) is 7.08. The maximum Gasteiger partial charge on any atom is 0.408 e. The van der Waals surface area contributed by atoms with Gasteiger partial charge in [0.2, 0.25) is 6.04 Å². The first kappa shape index (κ1) is 19.4. The van der Waals surface area contributed by atoms with Crippen LogP contribution in [0.15, 0.2) is 60.7 Å². The summed E-state index contributed by atoms with van der Waals surface area (Å²) in [6, 6.07) is 16.3. The molecule has 1 amide bonds. The maximum atomic E-state index is 12.3. The smallest absolute Gasteiger partial charge is 0.408 e. The summed E-state index contributed by atoms with van der Waals surface area (Å²) in [7, 11) is 0. The van der Waals surface area contributed by atoms with Crippen LogP contribution in [0, 0.1) is 10.1 Å². The van der Waals surface area contributed by atoms with Crippen LogP contribution in [0.4, 0.5) is 4.79 Å². The van der Waals surface area contributed by atoms with Gasteiger partial charge < -0.3 is 10.1 Å². The summed E-state index contributed by atoms with van der Waals surface area (Å²) < 4.78 is 5.30. The van der Waals surface area contributed by atoms with Crippen molar-refractivity contribution in [2.24, 2.45) is 0 Å². The molecule has 138 valence electrons. The molecule has 0 unspecified atom stereocenters. The molecule has 0 saturated carbocycles. The van der Waals surface area contributed by atoms with Crippen molar-refractivity contribution in [3.8, 4) is 0 Å². The summed E-state index contributed by atoms with van der Waals surface area (Å²) in [6.07, 6.45) is -0.477. The fraction of sp³-hybridized carbons (Fsp3) is 0.350. The lowest BCUT2D eigenvalue weighted by Crippen LogP contribution is -2.43. The summed E-state index contributed by atoms with van der Waals surface area (Å²) in [5.41, 5.74) is 0.812. The van der Waals surface area contributed by atoms with Crippen LogP contribution in [0.5, 0.6) is 0 Å². The van der Waals surface area contributed by atoms with Crippen molar-refractivity contribution in [1.29, 1.82) is 0 Å². The second kappa shape index (κ2) is 8.47. The standard InChI is InChI=1S/C20H24N2O4/c1-20(2,3)26-19(23)21-18(16-12-8-5-9-13-16)17(22(24)25)14-15-10-6-4-7-11-15/h4-13,17-18H,14H2,1-3H3,(H,21,23)/t17-,18+/m0/s1. The van der Waals surface area contributed by atoms with Crippen LogP contribution in [0.3, 0.4) is 0 Å². The minimum Gasteiger partial charge on any atom is -0.444 e. The van der Waals surface area contributed by atoms with E-state index in [0.717, 1.165) is 5.56 Å². The third-order valence-corrected chi connectivity index (χ3v) is 3.77. The molecule has 0 saturated heterocycles. The van der Waals surface area contributed by atoms with Gasteiger partial charge in [-0.2, -0.15) is 0 Å². The van der Waals surface area contributed by atoms with Gasteiger partial charge in [-0.25, -0.2) is 4.79 Å². The van der Waals surface area contributed by atoms with Gasteiger partial charge in [-0.1, -0.05) is 60.7 Å². The zero-order valence-electron chi connectivity index (χ0n) is 15.2. The number of hydrogen-bond acceptors (Lipinski definition) is 4. The zero-order chi connectivity index (χ0) is 19.2. The molecule has 0 fully saturated rings. The van der Waals surface area contributed by atoms with E-state index >= 15 is 0 Å². The van der Waals surface area contributed by atoms with Crippen molar-refractivity contribution in [3.05, 3.63) is 81.9 Å². The molecule has 26 heavy (non-hydrogen) atoms. The van der Waals surface area contributed by atoms with Gasteiger partial charge in [-0.05, 0) is 31.9 Å². The highest BCUT2D eigenvalue weighted by molar-refractivity contribution is 5.68. The first-order chi connectivity index (χ1) is 12.3. The summed E-state index contributed by atoms with van der Waals surface area (Å²) in [4.78, 5) is 23.7. The number of carbonyl (C=O) groups excluding carboxylic acids is 1. The third-order valence-electron chi connectivity index (χ3n) is 3.77. The average Bonchev–Trinajstić information content (AvgIpc) is 2.58. The first-order valence-corrected chi connectivity index (χ1v) is 8.48. The van der Waals surface area contributed by atoms with Gasteiger partial charge in [0.1, 0.15) is 11.6 Å². The molecule has 6 nitrogen and oxygen atoms in total. The minimum atomic E-state index is -1.02. The highest BCUT2D eigenvalue weighted by Crippen LogP contribution is 2.23. The average molecular weight is 356 g/mol. The van der Waals surface area contributed by atoms with E-state index in [2.05, 4.69) is 5.32 Å². The van der Waals surface area contributed by atoms with Crippen LogP contribution in [-0.2, 0) is 11.2 Å². The minimum absolute atomic E-state index is 0.198. The van der Waals surface area contributed by atoms with E-state index in [0.29, 0.717) is 5.56 Å². The van der Waals surface area contributed by atoms with E-state index in [1.54, 1.807) is 45.0 Å². The van der Waals surface area contributed by atoms with Crippen molar-refractivity contribution < 1.29 is 14.5 Å². The molecule has 0 radical (unpaired) electrons. The van der Waals surface area contributed by atoms with E-state index in [-0.39, 0.29) is 11.3 Å². The van der Waals surface area contributed by atoms with Crippen molar-refractivity contribution in [1.82, 2.24) is 5.32 Å². The predicted octanol–water partition coefficient (Wildman–Crippen LogP) is 4.14. The molecule has 0 bridgehead atoms. The number of amides is 1. The topological polar surface area (TPSA) is 81.5 Å². The Morgan fingerprint density at radius 1 is 1.08 bits per heavy atom. The van der Waals surface area contributed by atoms with E-state index in [1.165, 1.54) is 0 Å². The number of nitrogens with zero attached hydrogens (tertiary/aromatic N) is 1. The Hall–Kier alpha value is -2.89. The summed E-state index contributed by atoms with van der Waals surface area (Å²) in [5, 5.41) is 14.5. The van der Waals surface area contributed by atoms with E-state index < -0.39 is 23.8 Å². The molecule has 0 aliphatic rings. The maximum absolute atomic E-state index is 12.3. The number of hydrogen-bond donors (Lipinski definition) is 1. The second-order valence-electron chi connectivity index (χ2n) is 7.08. The van der Waals surface area contributed by atoms with Crippen LogP contribution >= 0.6 is 0 Å². The highest BCUT2D eigenvalue weighted by atomic mass is 16.6. The normalized spacial score (nSPS) is 13.5. The van der Waals surface area contributed by atoms with Crippen LogP contribution in [0.1, 0.15) is 37.9 Å². The SMILES string of the molecule is CC(C)(C)OC(=O)N[C@H](c1ccccc1)[C@H](Cc1ccccc1)[N+](=O)[O-]. The van der Waals surface area contributed by atoms with E-state index in [1.807, 2.05) is 36.4 Å². The van der Waals surface area contributed by atoms with E-state index in [4.69, 9.17) is 4.74 Å². The molecular weight excluding hydrogens is 332 g/mol. The lowest BCUT2D eigenvalue weighted by Gasteiger charge is -2.25. The quantitative estimate of drug-likeness (QED) is 0.623. The predicted molar refractivity (Wildman–Crippen MR) is 99.5 cm³/mol. The van der Waals surface area contributed by atoms with Gasteiger partial charge in [0.15, 0.2) is 0 Å². The highest BCUT2D eigenvalue weighted by Gasteiger charge is 2.35. The van der Waals surface area contributed by atoms with Gasteiger partial charge in [0, 0.05) is 11.3 Å². The number of ether oxygens (including phenoxy) is 1. The number of alkyl carbamates (subject to hydrolysis) is 1. The van der Waals surface area contributed by atoms with Gasteiger partial charge in [0.25, 0.3) is 0 Å². The Morgan fingerprint density at radius 3 is 2.12 bits per heavy atom. The van der Waals surface area contributed by atoms with Gasteiger partial charge in [0.05, 0.1) is 0 Å². The molecule has 1 N–H and O–H groups in total. The molecular formula is C20H24N2O4. The molecule has 2 atom stereocenters. The number of nitro groups is 1. The summed E-state index contributed by atoms with van der Waals surface area (Å²) in [5.74, 6) is 0. The fourth-order valence-electron chi connectivity index (χ4n) is 2.67. The van der Waals surface area contributed by atoms with E-state index in [9.17, 15) is 14.9 Å². The molecule has 0 aliphatic heterocycles. The molecule has 2 aromatic carbocycles. The lowest BCUT2D eigenvalue weighted by atomic mass is 9.94. The van der Waals surface area contributed by atoms with Crippen molar-refractivity contribution >= 4 is 6.09 Å². The van der Waals surface area contributed by atoms with Crippen LogP contribution in [0.2, 0.25) is 0 Å². The molecule has 0 aliphatic carbocycles. The Bertz CT molecular complexity index is 726. The van der Waals surface area contributed by atoms with Crippen LogP contribution in [0.25, 0.3) is 0 Å². The molecule has 2 aromatic rings. The number of carbonyl (C=O) groups is 1. The fourth-order valence-corrected chi connectivity index (χ4v) is 2.67. The van der Waals surface area contributed by atoms with Crippen LogP contribution < -0.4 is 5.32 Å². The molecule has 0 aromatic heterocycles. The lowest BCUT2D eigenvalue weighted by molar-refractivity contribution is -0.527. The van der Waals surface area contributed by atoms with Crippen molar-refractivity contribution in [2.45, 2.75) is 44.9 Å².